The lowest BCUT2D eigenvalue weighted by atomic mass is 10.3. The molecule has 112 valence electrons. The van der Waals surface area contributed by atoms with Gasteiger partial charge in [0.15, 0.2) is 5.82 Å². The normalized spacial score (nSPS) is 10.6. The van der Waals surface area contributed by atoms with Gasteiger partial charge in [-0.15, -0.1) is 5.10 Å². The lowest BCUT2D eigenvalue weighted by molar-refractivity contribution is -0.117. The second-order valence-corrected chi connectivity index (χ2v) is 4.67. The first-order chi connectivity index (χ1) is 10.6. The summed E-state index contributed by atoms with van der Waals surface area (Å²) in [6.07, 6.45) is 3.08. The van der Waals surface area contributed by atoms with Gasteiger partial charge in [0.05, 0.1) is 23.6 Å². The summed E-state index contributed by atoms with van der Waals surface area (Å²) in [5, 5.41) is 12.8. The highest BCUT2D eigenvalue weighted by Crippen LogP contribution is 2.15. The van der Waals surface area contributed by atoms with Gasteiger partial charge < -0.3 is 15.6 Å². The fourth-order valence-electron chi connectivity index (χ4n) is 1.97. The Bertz CT molecular complexity index is 836. The van der Waals surface area contributed by atoms with Crippen LogP contribution in [0.25, 0.3) is 11.0 Å². The van der Waals surface area contributed by atoms with Crippen LogP contribution in [0.15, 0.2) is 30.7 Å². The van der Waals surface area contributed by atoms with Gasteiger partial charge in [-0.1, -0.05) is 5.21 Å². The number of fused-ring (bicyclic) bond motifs is 1. The Kier molecular flexibility index (Phi) is 3.52. The number of anilines is 2. The number of hydrogen-bond acceptors (Lipinski definition) is 5. The summed E-state index contributed by atoms with van der Waals surface area (Å²) in [6, 6.07) is 5.38. The van der Waals surface area contributed by atoms with Gasteiger partial charge in [-0.25, -0.2) is 9.67 Å². The topological polar surface area (TPSA) is 118 Å². The smallest absolute Gasteiger partial charge is 0.246 e. The Morgan fingerprint density at radius 3 is 3.00 bits per heavy atom. The lowest BCUT2D eigenvalue weighted by Crippen LogP contribution is -2.19. The molecule has 0 saturated heterocycles. The molecule has 0 radical (unpaired) electrons. The highest BCUT2D eigenvalue weighted by atomic mass is 16.2. The Hall–Kier alpha value is -3.23. The van der Waals surface area contributed by atoms with Gasteiger partial charge in [0.2, 0.25) is 11.8 Å². The summed E-state index contributed by atoms with van der Waals surface area (Å²) in [5.74, 6) is -0.193. The molecule has 0 saturated carbocycles. The van der Waals surface area contributed by atoms with Crippen LogP contribution in [0.5, 0.6) is 0 Å². The van der Waals surface area contributed by atoms with Crippen LogP contribution in [0.3, 0.4) is 0 Å². The molecular formula is C13H13N7O2. The molecule has 9 heteroatoms. The predicted octanol–water partition coefficient (Wildman–Crippen LogP) is 0.751. The maximum atomic E-state index is 12.0. The highest BCUT2D eigenvalue weighted by Gasteiger charge is 2.08. The molecule has 0 atom stereocenters. The highest BCUT2D eigenvalue weighted by molar-refractivity contribution is 5.93. The molecule has 0 spiro atoms. The molecule has 2 heterocycles. The van der Waals surface area contributed by atoms with E-state index in [2.05, 4.69) is 30.9 Å². The second-order valence-electron chi connectivity index (χ2n) is 4.67. The van der Waals surface area contributed by atoms with Crippen molar-refractivity contribution in [2.24, 2.45) is 0 Å². The zero-order chi connectivity index (χ0) is 15.5. The maximum absolute atomic E-state index is 12.0. The van der Waals surface area contributed by atoms with Crippen LogP contribution in [0.1, 0.15) is 6.92 Å². The minimum atomic E-state index is -0.252. The molecule has 0 aliphatic heterocycles. The first-order valence-corrected chi connectivity index (χ1v) is 6.51. The fourth-order valence-corrected chi connectivity index (χ4v) is 1.97. The Morgan fingerprint density at radius 1 is 1.32 bits per heavy atom. The van der Waals surface area contributed by atoms with E-state index < -0.39 is 0 Å². The molecule has 2 amide bonds. The van der Waals surface area contributed by atoms with E-state index in [0.29, 0.717) is 11.5 Å². The molecule has 0 unspecified atom stereocenters. The van der Waals surface area contributed by atoms with Crippen LogP contribution < -0.4 is 10.6 Å². The van der Waals surface area contributed by atoms with E-state index >= 15 is 0 Å². The minimum Gasteiger partial charge on any atom is -0.345 e. The standard InChI is InChI=1S/C13H13N7O2/c1-8(21)16-12-5-20(19-18-12)6-13(22)17-9-2-3-10-11(4-9)15-7-14-10/h2-5,7H,6H2,1H3,(H,14,15)(H,16,21)(H,17,22). The van der Waals surface area contributed by atoms with Crippen LogP contribution in [0.4, 0.5) is 11.5 Å². The average molecular weight is 299 g/mol. The van der Waals surface area contributed by atoms with E-state index in [4.69, 9.17) is 0 Å². The third-order valence-corrected chi connectivity index (χ3v) is 2.85. The van der Waals surface area contributed by atoms with Crippen molar-refractivity contribution in [3.8, 4) is 0 Å². The van der Waals surface area contributed by atoms with E-state index in [1.54, 1.807) is 18.5 Å². The van der Waals surface area contributed by atoms with Crippen molar-refractivity contribution < 1.29 is 9.59 Å². The largest absolute Gasteiger partial charge is 0.345 e. The number of imidazole rings is 1. The van der Waals surface area contributed by atoms with Gasteiger partial charge in [-0.05, 0) is 18.2 Å². The van der Waals surface area contributed by atoms with Crippen molar-refractivity contribution in [2.45, 2.75) is 13.5 Å². The summed E-state index contributed by atoms with van der Waals surface area (Å²) < 4.78 is 1.34. The Morgan fingerprint density at radius 2 is 2.18 bits per heavy atom. The van der Waals surface area contributed by atoms with Crippen molar-refractivity contribution in [2.75, 3.05) is 10.6 Å². The van der Waals surface area contributed by atoms with E-state index in [0.717, 1.165) is 11.0 Å². The molecule has 3 N–H and O–H groups in total. The van der Waals surface area contributed by atoms with Gasteiger partial charge in [0.25, 0.3) is 0 Å². The Labute approximate surface area is 124 Å². The third kappa shape index (κ3) is 3.08. The number of carbonyl (C=O) groups excluding carboxylic acids is 2. The summed E-state index contributed by atoms with van der Waals surface area (Å²) in [6.45, 7) is 1.37. The minimum absolute atomic E-state index is 0.00635. The number of carbonyl (C=O) groups is 2. The SMILES string of the molecule is CC(=O)Nc1cn(CC(=O)Nc2ccc3nc[nH]c3c2)nn1. The summed E-state index contributed by atoms with van der Waals surface area (Å²) >= 11 is 0. The molecule has 22 heavy (non-hydrogen) atoms. The number of rotatable bonds is 4. The number of aromatic nitrogens is 5. The molecule has 9 nitrogen and oxygen atoms in total. The third-order valence-electron chi connectivity index (χ3n) is 2.85. The number of aromatic amines is 1. The number of benzene rings is 1. The Balaban J connectivity index is 1.64. The average Bonchev–Trinajstić information content (AvgIpc) is 3.06. The van der Waals surface area contributed by atoms with Gasteiger partial charge in [0, 0.05) is 12.6 Å². The molecule has 2 aromatic heterocycles. The molecular weight excluding hydrogens is 286 g/mol. The van der Waals surface area contributed by atoms with E-state index in [1.165, 1.54) is 17.8 Å². The zero-order valence-electron chi connectivity index (χ0n) is 11.7. The van der Waals surface area contributed by atoms with Crippen molar-refractivity contribution in [3.63, 3.8) is 0 Å². The second kappa shape index (κ2) is 5.64. The summed E-state index contributed by atoms with van der Waals surface area (Å²) in [5.41, 5.74) is 2.32. The molecule has 0 bridgehead atoms. The van der Waals surface area contributed by atoms with Crippen LogP contribution in [-0.2, 0) is 16.1 Å². The fraction of sp³-hybridized carbons (Fsp3) is 0.154. The lowest BCUT2D eigenvalue weighted by Gasteiger charge is -2.04. The van der Waals surface area contributed by atoms with Crippen molar-refractivity contribution in [3.05, 3.63) is 30.7 Å². The van der Waals surface area contributed by atoms with Crippen LogP contribution in [0, 0.1) is 0 Å². The number of H-pyrrole nitrogens is 1. The number of nitrogens with zero attached hydrogens (tertiary/aromatic N) is 4. The van der Waals surface area contributed by atoms with E-state index in [-0.39, 0.29) is 18.4 Å². The number of amides is 2. The molecule has 0 aliphatic carbocycles. The van der Waals surface area contributed by atoms with Gasteiger partial charge in [0.1, 0.15) is 6.54 Å². The first-order valence-electron chi connectivity index (χ1n) is 6.51. The molecule has 3 aromatic rings. The van der Waals surface area contributed by atoms with Crippen LogP contribution in [0.2, 0.25) is 0 Å². The van der Waals surface area contributed by atoms with Crippen molar-refractivity contribution in [1.82, 2.24) is 25.0 Å². The molecule has 0 aliphatic rings. The van der Waals surface area contributed by atoms with Gasteiger partial charge in [-0.3, -0.25) is 9.59 Å². The molecule has 0 fully saturated rings. The van der Waals surface area contributed by atoms with Crippen molar-refractivity contribution in [1.29, 1.82) is 0 Å². The predicted molar refractivity (Wildman–Crippen MR) is 79.0 cm³/mol. The van der Waals surface area contributed by atoms with Gasteiger partial charge in [-0.2, -0.15) is 0 Å². The quantitative estimate of drug-likeness (QED) is 0.657. The summed E-state index contributed by atoms with van der Waals surface area (Å²) in [4.78, 5) is 30.0. The number of nitrogens with one attached hydrogen (secondary N) is 3. The first kappa shape index (κ1) is 13.7. The maximum Gasteiger partial charge on any atom is 0.246 e. The molecule has 1 aromatic carbocycles. The van der Waals surface area contributed by atoms with E-state index in [9.17, 15) is 9.59 Å². The summed E-state index contributed by atoms with van der Waals surface area (Å²) in [7, 11) is 0. The monoisotopic (exact) mass is 299 g/mol. The zero-order valence-corrected chi connectivity index (χ0v) is 11.7. The van der Waals surface area contributed by atoms with E-state index in [1.807, 2.05) is 6.07 Å². The van der Waals surface area contributed by atoms with Crippen molar-refractivity contribution >= 4 is 34.4 Å². The van der Waals surface area contributed by atoms with Crippen LogP contribution >= 0.6 is 0 Å². The van der Waals surface area contributed by atoms with Crippen LogP contribution in [-0.4, -0.2) is 36.8 Å². The van der Waals surface area contributed by atoms with Gasteiger partial charge >= 0.3 is 0 Å². The molecule has 3 rings (SSSR count). The number of hydrogen-bond donors (Lipinski definition) is 3.